The molecule has 0 spiro atoms. The van der Waals surface area contributed by atoms with Crippen molar-refractivity contribution in [1.29, 1.82) is 0 Å². The number of amides is 1. The molecule has 1 aromatic carbocycles. The molecule has 8 nitrogen and oxygen atoms in total. The Morgan fingerprint density at radius 2 is 1.93 bits per heavy atom. The lowest BCUT2D eigenvalue weighted by Gasteiger charge is -2.26. The van der Waals surface area contributed by atoms with Gasteiger partial charge in [0.15, 0.2) is 9.84 Å². The number of aromatic nitrogens is 4. The topological polar surface area (TPSA) is 98.1 Å². The molecule has 0 bridgehead atoms. The van der Waals surface area contributed by atoms with Gasteiger partial charge in [-0.15, -0.1) is 5.10 Å². The second-order valence-corrected chi connectivity index (χ2v) is 10.9. The van der Waals surface area contributed by atoms with E-state index >= 15 is 0 Å². The number of tetrazole rings is 1. The van der Waals surface area contributed by atoms with Gasteiger partial charge in [0.1, 0.15) is 0 Å². The average molecular weight is 424 g/mol. The first-order valence-corrected chi connectivity index (χ1v) is 11.9. The summed E-state index contributed by atoms with van der Waals surface area (Å²) in [4.78, 5) is 14.3. The highest BCUT2D eigenvalue weighted by atomic mass is 32.2. The molecule has 0 saturated carbocycles. The summed E-state index contributed by atoms with van der Waals surface area (Å²) in [5.41, 5.74) is 2.05. The standard InChI is InChI=1S/C18H25N5O3S2/c1-12(2)14-5-7-15(8-6-14)23-18(19-20-21-23)27-13(3)17(24)22(4)16-9-10-28(25,26)11-16/h5-8,12-13,16H,9-11H2,1-4H3/t13-,16-/m0/s1. The van der Waals surface area contributed by atoms with Crippen molar-refractivity contribution in [2.24, 2.45) is 0 Å². The molecule has 0 unspecified atom stereocenters. The third kappa shape index (κ3) is 4.54. The van der Waals surface area contributed by atoms with Crippen LogP contribution in [0.1, 0.15) is 38.7 Å². The molecule has 2 atom stereocenters. The summed E-state index contributed by atoms with van der Waals surface area (Å²) in [5, 5.41) is 11.9. The number of hydrogen-bond donors (Lipinski definition) is 0. The van der Waals surface area contributed by atoms with Gasteiger partial charge in [-0.1, -0.05) is 37.7 Å². The van der Waals surface area contributed by atoms with Gasteiger partial charge in [0.25, 0.3) is 0 Å². The van der Waals surface area contributed by atoms with Gasteiger partial charge in [-0.3, -0.25) is 4.79 Å². The largest absolute Gasteiger partial charge is 0.341 e. The van der Waals surface area contributed by atoms with Gasteiger partial charge in [0.2, 0.25) is 11.1 Å². The summed E-state index contributed by atoms with van der Waals surface area (Å²) in [6.07, 6.45) is 0.488. The third-order valence-electron chi connectivity index (χ3n) is 4.98. The molecule has 1 fully saturated rings. The van der Waals surface area contributed by atoms with E-state index in [1.165, 1.54) is 17.3 Å². The van der Waals surface area contributed by atoms with Crippen LogP contribution in [0.2, 0.25) is 0 Å². The summed E-state index contributed by atoms with van der Waals surface area (Å²) < 4.78 is 25.0. The van der Waals surface area contributed by atoms with Crippen molar-refractivity contribution in [3.63, 3.8) is 0 Å². The quantitative estimate of drug-likeness (QED) is 0.655. The summed E-state index contributed by atoms with van der Waals surface area (Å²) in [7, 11) is -1.37. The molecule has 28 heavy (non-hydrogen) atoms. The molecule has 0 aliphatic carbocycles. The van der Waals surface area contributed by atoms with Gasteiger partial charge >= 0.3 is 0 Å². The fourth-order valence-electron chi connectivity index (χ4n) is 3.17. The van der Waals surface area contributed by atoms with Crippen LogP contribution in [0.5, 0.6) is 0 Å². The number of nitrogens with zero attached hydrogens (tertiary/aromatic N) is 5. The van der Waals surface area contributed by atoms with Crippen LogP contribution in [0.4, 0.5) is 0 Å². The van der Waals surface area contributed by atoms with E-state index < -0.39 is 15.1 Å². The van der Waals surface area contributed by atoms with Crippen LogP contribution < -0.4 is 0 Å². The first-order valence-electron chi connectivity index (χ1n) is 9.20. The molecule has 2 aromatic rings. The highest BCUT2D eigenvalue weighted by Gasteiger charge is 2.34. The fraction of sp³-hybridized carbons (Fsp3) is 0.556. The summed E-state index contributed by atoms with van der Waals surface area (Å²) in [6, 6.07) is 7.73. The Morgan fingerprint density at radius 1 is 1.25 bits per heavy atom. The summed E-state index contributed by atoms with van der Waals surface area (Å²) in [5.74, 6) is 0.481. The molecule has 1 aliphatic heterocycles. The van der Waals surface area contributed by atoms with Crippen molar-refractivity contribution in [3.8, 4) is 5.69 Å². The molecule has 1 saturated heterocycles. The van der Waals surface area contributed by atoms with Crippen molar-refractivity contribution in [2.45, 2.75) is 49.6 Å². The molecule has 2 heterocycles. The van der Waals surface area contributed by atoms with Crippen molar-refractivity contribution in [2.75, 3.05) is 18.6 Å². The van der Waals surface area contributed by atoms with Gasteiger partial charge in [-0.25, -0.2) is 8.42 Å². The SMILES string of the molecule is CC(C)c1ccc(-n2nnnc2S[C@@H](C)C(=O)N(C)[C@H]2CCS(=O)(=O)C2)cc1. The van der Waals surface area contributed by atoms with E-state index in [2.05, 4.69) is 29.4 Å². The Labute approximate surface area is 169 Å². The van der Waals surface area contributed by atoms with E-state index in [9.17, 15) is 13.2 Å². The number of thioether (sulfide) groups is 1. The highest BCUT2D eigenvalue weighted by molar-refractivity contribution is 8.00. The molecule has 152 valence electrons. The first-order chi connectivity index (χ1) is 13.2. The Balaban J connectivity index is 1.70. The van der Waals surface area contributed by atoms with E-state index in [0.29, 0.717) is 17.5 Å². The maximum absolute atomic E-state index is 12.8. The van der Waals surface area contributed by atoms with Gasteiger partial charge in [0.05, 0.1) is 22.4 Å². The lowest BCUT2D eigenvalue weighted by molar-refractivity contribution is -0.130. The minimum atomic E-state index is -3.04. The predicted octanol–water partition coefficient (Wildman–Crippen LogP) is 1.91. The van der Waals surface area contributed by atoms with Crippen LogP contribution in [0.15, 0.2) is 29.4 Å². The Bertz CT molecular complexity index is 940. The number of carbonyl (C=O) groups is 1. The molecule has 1 aromatic heterocycles. The normalized spacial score (nSPS) is 19.7. The minimum Gasteiger partial charge on any atom is -0.341 e. The lowest BCUT2D eigenvalue weighted by atomic mass is 10.0. The molecule has 0 radical (unpaired) electrons. The molecular weight excluding hydrogens is 398 g/mol. The molecule has 1 amide bonds. The third-order valence-corrected chi connectivity index (χ3v) is 7.75. The zero-order chi connectivity index (χ0) is 20.5. The Kier molecular flexibility index (Phi) is 6.09. The number of carbonyl (C=O) groups excluding carboxylic acids is 1. The number of sulfone groups is 1. The van der Waals surface area contributed by atoms with Gasteiger partial charge in [0, 0.05) is 13.1 Å². The van der Waals surface area contributed by atoms with Crippen molar-refractivity contribution >= 4 is 27.5 Å². The van der Waals surface area contributed by atoms with Crippen molar-refractivity contribution in [3.05, 3.63) is 29.8 Å². The van der Waals surface area contributed by atoms with E-state index in [4.69, 9.17) is 0 Å². The highest BCUT2D eigenvalue weighted by Crippen LogP contribution is 2.26. The van der Waals surface area contributed by atoms with Crippen LogP contribution in [0, 0.1) is 0 Å². The van der Waals surface area contributed by atoms with E-state index in [1.807, 2.05) is 24.3 Å². The van der Waals surface area contributed by atoms with Crippen LogP contribution in [-0.4, -0.2) is 69.3 Å². The lowest BCUT2D eigenvalue weighted by Crippen LogP contribution is -2.41. The smallest absolute Gasteiger partial charge is 0.235 e. The number of rotatable bonds is 6. The van der Waals surface area contributed by atoms with E-state index in [0.717, 1.165) is 5.69 Å². The Hall–Kier alpha value is -1.94. The van der Waals surface area contributed by atoms with Gasteiger partial charge in [-0.05, 0) is 47.4 Å². The summed E-state index contributed by atoms with van der Waals surface area (Å²) >= 11 is 1.26. The predicted molar refractivity (Wildman–Crippen MR) is 108 cm³/mol. The first kappa shape index (κ1) is 20.8. The molecule has 1 aliphatic rings. The maximum atomic E-state index is 12.8. The van der Waals surface area contributed by atoms with Crippen molar-refractivity contribution in [1.82, 2.24) is 25.1 Å². The molecule has 10 heteroatoms. The zero-order valence-electron chi connectivity index (χ0n) is 16.4. The Morgan fingerprint density at radius 3 is 2.50 bits per heavy atom. The number of hydrogen-bond acceptors (Lipinski definition) is 7. The van der Waals surface area contributed by atoms with Gasteiger partial charge in [-0.2, -0.15) is 4.68 Å². The van der Waals surface area contributed by atoms with E-state index in [-0.39, 0.29) is 23.5 Å². The van der Waals surface area contributed by atoms with Gasteiger partial charge < -0.3 is 4.90 Å². The molecule has 3 rings (SSSR count). The van der Waals surface area contributed by atoms with Crippen LogP contribution in [0.25, 0.3) is 5.69 Å². The van der Waals surface area contributed by atoms with Crippen molar-refractivity contribution < 1.29 is 13.2 Å². The number of benzene rings is 1. The van der Waals surface area contributed by atoms with E-state index in [1.54, 1.807) is 23.6 Å². The minimum absolute atomic E-state index is 0.0343. The van der Waals surface area contributed by atoms with Crippen LogP contribution in [0.3, 0.4) is 0 Å². The van der Waals surface area contributed by atoms with Crippen LogP contribution in [-0.2, 0) is 14.6 Å². The molecular formula is C18H25N5O3S2. The summed E-state index contributed by atoms with van der Waals surface area (Å²) in [6.45, 7) is 6.05. The second-order valence-electron chi connectivity index (χ2n) is 7.39. The monoisotopic (exact) mass is 423 g/mol. The van der Waals surface area contributed by atoms with Crippen LogP contribution >= 0.6 is 11.8 Å². The fourth-order valence-corrected chi connectivity index (χ4v) is 5.85. The average Bonchev–Trinajstić information content (AvgIpc) is 3.26. The maximum Gasteiger partial charge on any atom is 0.235 e. The zero-order valence-corrected chi connectivity index (χ0v) is 18.1. The second kappa shape index (κ2) is 8.20. The molecule has 0 N–H and O–H groups in total.